The van der Waals surface area contributed by atoms with Gasteiger partial charge in [-0.25, -0.2) is 9.18 Å². The van der Waals surface area contributed by atoms with Gasteiger partial charge in [-0.3, -0.25) is 4.79 Å². The number of rotatable bonds is 4. The summed E-state index contributed by atoms with van der Waals surface area (Å²) in [5, 5.41) is 12.9. The first kappa shape index (κ1) is 24.0. The zero-order valence-corrected chi connectivity index (χ0v) is 20.8. The molecule has 1 amide bonds. The van der Waals surface area contributed by atoms with E-state index in [4.69, 9.17) is 16.3 Å². The van der Waals surface area contributed by atoms with Crippen molar-refractivity contribution in [3.63, 3.8) is 0 Å². The number of piperazine rings is 1. The van der Waals surface area contributed by atoms with Crippen LogP contribution in [0, 0.1) is 5.82 Å². The fraction of sp³-hybridized carbons (Fsp3) is 0.192. The summed E-state index contributed by atoms with van der Waals surface area (Å²) in [5.41, 5.74) is 0.697. The predicted octanol–water partition coefficient (Wildman–Crippen LogP) is 4.99. The van der Waals surface area contributed by atoms with E-state index in [1.54, 1.807) is 17.0 Å². The van der Waals surface area contributed by atoms with Crippen molar-refractivity contribution in [1.29, 1.82) is 0 Å². The third-order valence-corrected chi connectivity index (χ3v) is 7.56. The number of esters is 1. The number of anilines is 1. The van der Waals surface area contributed by atoms with Crippen molar-refractivity contribution in [3.05, 3.63) is 66.0 Å². The van der Waals surface area contributed by atoms with Crippen LogP contribution in [0.5, 0.6) is 5.75 Å². The van der Waals surface area contributed by atoms with Crippen molar-refractivity contribution in [2.45, 2.75) is 6.04 Å². The maximum absolute atomic E-state index is 16.0. The monoisotopic (exact) mass is 525 g/mol. The van der Waals surface area contributed by atoms with E-state index in [1.807, 2.05) is 24.3 Å². The van der Waals surface area contributed by atoms with Gasteiger partial charge in [0.1, 0.15) is 22.3 Å². The fourth-order valence-electron chi connectivity index (χ4n) is 4.65. The summed E-state index contributed by atoms with van der Waals surface area (Å²) in [7, 11) is 1.28. The van der Waals surface area contributed by atoms with Crippen LogP contribution in [0.3, 0.4) is 0 Å². The number of fused-ring (bicyclic) bond motifs is 2. The van der Waals surface area contributed by atoms with E-state index in [9.17, 15) is 14.7 Å². The zero-order chi connectivity index (χ0) is 25.6. The average Bonchev–Trinajstić information content (AvgIpc) is 3.31. The number of hydrogen-bond donors (Lipinski definition) is 1. The molecule has 10 heteroatoms. The number of carbonyl (C=O) groups is 2. The highest BCUT2D eigenvalue weighted by Crippen LogP contribution is 2.44. The molecule has 7 nitrogen and oxygen atoms in total. The summed E-state index contributed by atoms with van der Waals surface area (Å²) in [6, 6.07) is 11.2. The molecule has 1 saturated heterocycles. The number of hydrogen-bond acceptors (Lipinski definition) is 7. The molecule has 1 fully saturated rings. The van der Waals surface area contributed by atoms with Gasteiger partial charge in [-0.1, -0.05) is 42.4 Å². The SMILES string of the molecule is C=CC(=O)N1CCN(c2snc3c(F)c(-c4cc(O)cc5ccccc45)c(Cl)cc23)[C@H](C(=O)OC)C1. The summed E-state index contributed by atoms with van der Waals surface area (Å²) in [5.74, 6) is -1.43. The Labute approximate surface area is 215 Å². The first-order valence-corrected chi connectivity index (χ1v) is 12.2. The highest BCUT2D eigenvalue weighted by Gasteiger charge is 2.37. The molecule has 1 aliphatic rings. The van der Waals surface area contributed by atoms with Crippen LogP contribution in [0.2, 0.25) is 5.02 Å². The van der Waals surface area contributed by atoms with Crippen LogP contribution in [-0.2, 0) is 14.3 Å². The Hall–Kier alpha value is -3.69. The molecule has 5 rings (SSSR count). The lowest BCUT2D eigenvalue weighted by Crippen LogP contribution is -2.58. The molecule has 2 heterocycles. The second-order valence-corrected chi connectivity index (χ2v) is 9.53. The van der Waals surface area contributed by atoms with E-state index in [0.29, 0.717) is 29.0 Å². The van der Waals surface area contributed by atoms with Crippen molar-refractivity contribution in [2.75, 3.05) is 31.6 Å². The smallest absolute Gasteiger partial charge is 0.330 e. The number of amides is 1. The largest absolute Gasteiger partial charge is 0.508 e. The molecule has 1 aromatic heterocycles. The fourth-order valence-corrected chi connectivity index (χ4v) is 5.88. The Balaban J connectivity index is 1.63. The molecule has 0 spiro atoms. The van der Waals surface area contributed by atoms with Gasteiger partial charge in [0.2, 0.25) is 5.91 Å². The first-order valence-electron chi connectivity index (χ1n) is 11.1. The molecule has 0 aliphatic carbocycles. The number of nitrogens with zero attached hydrogens (tertiary/aromatic N) is 3. The number of aromatic hydroxyl groups is 1. The van der Waals surface area contributed by atoms with Gasteiger partial charge >= 0.3 is 5.97 Å². The Morgan fingerprint density at radius 1 is 1.25 bits per heavy atom. The van der Waals surface area contributed by atoms with E-state index >= 15 is 4.39 Å². The van der Waals surface area contributed by atoms with Gasteiger partial charge in [-0.05, 0) is 52.1 Å². The predicted molar refractivity (Wildman–Crippen MR) is 139 cm³/mol. The molecule has 1 atom stereocenters. The van der Waals surface area contributed by atoms with Gasteiger partial charge in [0, 0.05) is 24.0 Å². The third kappa shape index (κ3) is 3.94. The number of aromatic nitrogens is 1. The third-order valence-electron chi connectivity index (χ3n) is 6.36. The van der Waals surface area contributed by atoms with E-state index < -0.39 is 17.8 Å². The molecule has 0 radical (unpaired) electrons. The van der Waals surface area contributed by atoms with E-state index in [1.165, 1.54) is 24.2 Å². The Bertz CT molecular complexity index is 1540. The maximum atomic E-state index is 16.0. The van der Waals surface area contributed by atoms with E-state index in [0.717, 1.165) is 22.3 Å². The van der Waals surface area contributed by atoms with Crippen molar-refractivity contribution in [1.82, 2.24) is 9.27 Å². The quantitative estimate of drug-likeness (QED) is 0.298. The Kier molecular flexibility index (Phi) is 6.27. The lowest BCUT2D eigenvalue weighted by atomic mass is 9.96. The number of ether oxygens (including phenoxy) is 1. The van der Waals surface area contributed by atoms with Crippen molar-refractivity contribution in [2.24, 2.45) is 0 Å². The van der Waals surface area contributed by atoms with Crippen LogP contribution in [0.15, 0.2) is 55.1 Å². The van der Waals surface area contributed by atoms with Crippen LogP contribution >= 0.6 is 23.1 Å². The number of phenolic OH excluding ortho intramolecular Hbond substituents is 1. The zero-order valence-electron chi connectivity index (χ0n) is 19.2. The lowest BCUT2D eigenvalue weighted by molar-refractivity contribution is -0.144. The molecule has 0 unspecified atom stereocenters. The molecular formula is C26H21ClFN3O4S. The number of methoxy groups -OCH3 is 1. The summed E-state index contributed by atoms with van der Waals surface area (Å²) in [6.07, 6.45) is 1.20. The minimum Gasteiger partial charge on any atom is -0.508 e. The Morgan fingerprint density at radius 3 is 2.78 bits per heavy atom. The lowest BCUT2D eigenvalue weighted by Gasteiger charge is -2.40. The summed E-state index contributed by atoms with van der Waals surface area (Å²) in [6.45, 7) is 4.27. The average molecular weight is 526 g/mol. The van der Waals surface area contributed by atoms with Gasteiger partial charge in [0.25, 0.3) is 0 Å². The normalized spacial score (nSPS) is 15.9. The highest BCUT2D eigenvalue weighted by molar-refractivity contribution is 7.11. The van der Waals surface area contributed by atoms with Crippen LogP contribution in [0.4, 0.5) is 9.39 Å². The minimum atomic E-state index is -0.798. The van der Waals surface area contributed by atoms with Gasteiger partial charge in [-0.15, -0.1) is 0 Å². The van der Waals surface area contributed by atoms with Gasteiger partial charge in [-0.2, -0.15) is 4.37 Å². The second-order valence-electron chi connectivity index (χ2n) is 8.37. The molecule has 1 aliphatic heterocycles. The highest BCUT2D eigenvalue weighted by atomic mass is 35.5. The van der Waals surface area contributed by atoms with Crippen LogP contribution in [0.25, 0.3) is 32.8 Å². The molecule has 1 N–H and O–H groups in total. The molecular weight excluding hydrogens is 505 g/mol. The summed E-state index contributed by atoms with van der Waals surface area (Å²) < 4.78 is 25.3. The molecule has 0 bridgehead atoms. The van der Waals surface area contributed by atoms with Gasteiger partial charge < -0.3 is 19.6 Å². The first-order chi connectivity index (χ1) is 17.3. The molecule has 0 saturated carbocycles. The standard InChI is InChI=1S/C26H21ClFN3O4S/c1-3-21(33)30-8-9-31(20(13-30)26(34)35-2)25-18-12-19(27)22(23(28)24(18)29-36-25)17-11-15(32)10-14-6-4-5-7-16(14)17/h3-7,10-12,20,32H,1,8-9,13H2,2H3/t20-/m0/s1. The maximum Gasteiger partial charge on any atom is 0.330 e. The van der Waals surface area contributed by atoms with E-state index in [2.05, 4.69) is 11.0 Å². The van der Waals surface area contributed by atoms with E-state index in [-0.39, 0.29) is 34.3 Å². The second kappa shape index (κ2) is 9.40. The van der Waals surface area contributed by atoms with Gasteiger partial charge in [0.15, 0.2) is 5.82 Å². The number of phenols is 1. The summed E-state index contributed by atoms with van der Waals surface area (Å²) >= 11 is 7.70. The molecule has 4 aromatic rings. The van der Waals surface area contributed by atoms with Crippen molar-refractivity contribution in [3.8, 4) is 16.9 Å². The number of halogens is 2. The summed E-state index contributed by atoms with van der Waals surface area (Å²) in [4.78, 5) is 28.1. The number of benzene rings is 3. The molecule has 36 heavy (non-hydrogen) atoms. The minimum absolute atomic E-state index is 0.00825. The van der Waals surface area contributed by atoms with Gasteiger partial charge in [0.05, 0.1) is 18.7 Å². The van der Waals surface area contributed by atoms with Crippen LogP contribution in [0.1, 0.15) is 0 Å². The molecule has 184 valence electrons. The van der Waals surface area contributed by atoms with Crippen LogP contribution in [-0.4, -0.2) is 59.0 Å². The number of carbonyl (C=O) groups excluding carboxylic acids is 2. The van der Waals surface area contributed by atoms with Crippen LogP contribution < -0.4 is 4.90 Å². The Morgan fingerprint density at radius 2 is 2.03 bits per heavy atom. The van der Waals surface area contributed by atoms with Crippen molar-refractivity contribution >= 4 is 61.7 Å². The molecule has 3 aromatic carbocycles. The topological polar surface area (TPSA) is 83.0 Å². The van der Waals surface area contributed by atoms with Crippen molar-refractivity contribution < 1.29 is 23.8 Å².